The van der Waals surface area contributed by atoms with E-state index in [9.17, 15) is 9.50 Å². The summed E-state index contributed by atoms with van der Waals surface area (Å²) in [7, 11) is 0. The molecule has 2 saturated heterocycles. The maximum Gasteiger partial charge on any atom is 0.183 e. The van der Waals surface area contributed by atoms with Crippen LogP contribution in [0, 0.1) is 5.82 Å². The Labute approximate surface area is 112 Å². The van der Waals surface area contributed by atoms with Gasteiger partial charge in [-0.2, -0.15) is 0 Å². The molecule has 3 heterocycles. The molecule has 1 unspecified atom stereocenters. The Hall–Kier alpha value is -1.27. The Morgan fingerprint density at radius 1 is 1.21 bits per heavy atom. The Balaban J connectivity index is 1.59. The molecule has 0 aromatic carbocycles. The monoisotopic (exact) mass is 266 g/mol. The van der Waals surface area contributed by atoms with E-state index in [4.69, 9.17) is 0 Å². The number of rotatable bonds is 2. The Kier molecular flexibility index (Phi) is 3.61. The van der Waals surface area contributed by atoms with Crippen molar-refractivity contribution in [3.63, 3.8) is 0 Å². The molecule has 1 N–H and O–H groups in total. The number of anilines is 1. The summed E-state index contributed by atoms with van der Waals surface area (Å²) in [5.41, 5.74) is 0. The van der Waals surface area contributed by atoms with Gasteiger partial charge in [-0.1, -0.05) is 0 Å². The van der Waals surface area contributed by atoms with Gasteiger partial charge in [-0.05, 0) is 19.3 Å². The minimum Gasteiger partial charge on any atom is -0.392 e. The average Bonchev–Trinajstić information content (AvgIpc) is 2.86. The van der Waals surface area contributed by atoms with Crippen molar-refractivity contribution in [2.24, 2.45) is 0 Å². The molecule has 6 heteroatoms. The number of β-amino-alcohol motifs (C(OH)–C–C–N with tert-alkyl or cyclic N) is 1. The number of hydrogen-bond acceptors (Lipinski definition) is 5. The van der Waals surface area contributed by atoms with Gasteiger partial charge in [0.25, 0.3) is 0 Å². The zero-order chi connectivity index (χ0) is 13.2. The van der Waals surface area contributed by atoms with Crippen LogP contribution in [-0.2, 0) is 0 Å². The second-order valence-electron chi connectivity index (χ2n) is 5.35. The van der Waals surface area contributed by atoms with Crippen molar-refractivity contribution in [2.75, 3.05) is 31.1 Å². The number of aliphatic hydroxyl groups is 1. The van der Waals surface area contributed by atoms with Crippen LogP contribution in [0.15, 0.2) is 12.5 Å². The number of aromatic nitrogens is 2. The highest BCUT2D eigenvalue weighted by Gasteiger charge is 2.30. The number of likely N-dealkylation sites (tertiary alicyclic amines) is 1. The molecule has 2 aliphatic heterocycles. The zero-order valence-electron chi connectivity index (χ0n) is 10.9. The standard InChI is InChI=1S/C13H19FN4O/c14-12-7-15-9-16-13(12)17-4-1-10(2-5-17)18-6-3-11(19)8-18/h7,9-11,19H,1-6,8H2. The first-order chi connectivity index (χ1) is 9.24. The van der Waals surface area contributed by atoms with Crippen molar-refractivity contribution >= 4 is 5.82 Å². The fourth-order valence-electron chi connectivity index (χ4n) is 3.08. The van der Waals surface area contributed by atoms with E-state index in [1.165, 1.54) is 12.5 Å². The summed E-state index contributed by atoms with van der Waals surface area (Å²) in [6.07, 6.45) is 5.30. The van der Waals surface area contributed by atoms with E-state index >= 15 is 0 Å². The molecule has 0 saturated carbocycles. The van der Waals surface area contributed by atoms with Crippen LogP contribution in [0.25, 0.3) is 0 Å². The van der Waals surface area contributed by atoms with Gasteiger partial charge in [0.05, 0.1) is 12.3 Å². The fraction of sp³-hybridized carbons (Fsp3) is 0.692. The van der Waals surface area contributed by atoms with Crippen molar-refractivity contribution in [1.29, 1.82) is 0 Å². The predicted octanol–water partition coefficient (Wildman–Crippen LogP) is 0.651. The van der Waals surface area contributed by atoms with Gasteiger partial charge in [0.2, 0.25) is 0 Å². The molecule has 5 nitrogen and oxygen atoms in total. The first-order valence-electron chi connectivity index (χ1n) is 6.86. The molecule has 2 aliphatic rings. The lowest BCUT2D eigenvalue weighted by Gasteiger charge is -2.37. The minimum absolute atomic E-state index is 0.169. The third kappa shape index (κ3) is 2.69. The summed E-state index contributed by atoms with van der Waals surface area (Å²) in [4.78, 5) is 12.0. The SMILES string of the molecule is OC1CCN(C2CCN(c3ncncc3F)CC2)C1. The topological polar surface area (TPSA) is 52.5 Å². The van der Waals surface area contributed by atoms with E-state index in [-0.39, 0.29) is 11.9 Å². The van der Waals surface area contributed by atoms with Crippen molar-refractivity contribution in [3.05, 3.63) is 18.3 Å². The normalized spacial score (nSPS) is 26.0. The van der Waals surface area contributed by atoms with E-state index in [0.29, 0.717) is 11.9 Å². The molecule has 1 atom stereocenters. The second kappa shape index (κ2) is 5.38. The lowest BCUT2D eigenvalue weighted by molar-refractivity contribution is 0.148. The zero-order valence-corrected chi connectivity index (χ0v) is 10.9. The molecule has 0 radical (unpaired) electrons. The molecule has 1 aromatic rings. The number of aliphatic hydroxyl groups excluding tert-OH is 1. The molecule has 0 aliphatic carbocycles. The van der Waals surface area contributed by atoms with E-state index in [0.717, 1.165) is 45.4 Å². The number of hydrogen-bond donors (Lipinski definition) is 1. The molecule has 2 fully saturated rings. The second-order valence-corrected chi connectivity index (χ2v) is 5.35. The van der Waals surface area contributed by atoms with Gasteiger partial charge >= 0.3 is 0 Å². The molecular formula is C13H19FN4O. The van der Waals surface area contributed by atoms with E-state index in [2.05, 4.69) is 14.9 Å². The summed E-state index contributed by atoms with van der Waals surface area (Å²) < 4.78 is 13.6. The first-order valence-corrected chi connectivity index (χ1v) is 6.86. The molecule has 3 rings (SSSR count). The number of halogens is 1. The summed E-state index contributed by atoms with van der Waals surface area (Å²) in [6.45, 7) is 3.39. The quantitative estimate of drug-likeness (QED) is 0.852. The highest BCUT2D eigenvalue weighted by molar-refractivity contribution is 5.38. The van der Waals surface area contributed by atoms with Crippen LogP contribution in [0.4, 0.5) is 10.2 Å². The van der Waals surface area contributed by atoms with Gasteiger partial charge < -0.3 is 10.0 Å². The maximum absolute atomic E-state index is 13.6. The Morgan fingerprint density at radius 2 is 2.00 bits per heavy atom. The van der Waals surface area contributed by atoms with Crippen molar-refractivity contribution in [1.82, 2.24) is 14.9 Å². The van der Waals surface area contributed by atoms with Crippen LogP contribution in [0.3, 0.4) is 0 Å². The van der Waals surface area contributed by atoms with Crippen LogP contribution in [0.2, 0.25) is 0 Å². The molecular weight excluding hydrogens is 247 g/mol. The van der Waals surface area contributed by atoms with Crippen molar-refractivity contribution < 1.29 is 9.50 Å². The highest BCUT2D eigenvalue weighted by Crippen LogP contribution is 2.24. The van der Waals surface area contributed by atoms with Gasteiger partial charge in [-0.15, -0.1) is 0 Å². The van der Waals surface area contributed by atoms with Crippen LogP contribution < -0.4 is 4.90 Å². The summed E-state index contributed by atoms with van der Waals surface area (Å²) >= 11 is 0. The first kappa shape index (κ1) is 12.7. The molecule has 104 valence electrons. The van der Waals surface area contributed by atoms with Gasteiger partial charge in [-0.3, -0.25) is 4.90 Å². The fourth-order valence-corrected chi connectivity index (χ4v) is 3.08. The lowest BCUT2D eigenvalue weighted by Crippen LogP contribution is -2.44. The van der Waals surface area contributed by atoms with Crippen LogP contribution in [0.5, 0.6) is 0 Å². The van der Waals surface area contributed by atoms with E-state index < -0.39 is 0 Å². The third-order valence-corrected chi connectivity index (χ3v) is 4.12. The molecule has 1 aromatic heterocycles. The Bertz CT molecular complexity index is 436. The average molecular weight is 266 g/mol. The van der Waals surface area contributed by atoms with Gasteiger partial charge in [0.1, 0.15) is 6.33 Å². The van der Waals surface area contributed by atoms with Crippen LogP contribution >= 0.6 is 0 Å². The molecule has 19 heavy (non-hydrogen) atoms. The minimum atomic E-state index is -0.349. The van der Waals surface area contributed by atoms with E-state index in [1.807, 2.05) is 4.90 Å². The third-order valence-electron chi connectivity index (χ3n) is 4.12. The summed E-state index contributed by atoms with van der Waals surface area (Å²) in [5.74, 6) is 0.0625. The largest absolute Gasteiger partial charge is 0.392 e. The summed E-state index contributed by atoms with van der Waals surface area (Å²) in [6, 6.07) is 0.512. The van der Waals surface area contributed by atoms with Crippen molar-refractivity contribution in [2.45, 2.75) is 31.4 Å². The Morgan fingerprint density at radius 3 is 2.63 bits per heavy atom. The van der Waals surface area contributed by atoms with Crippen molar-refractivity contribution in [3.8, 4) is 0 Å². The van der Waals surface area contributed by atoms with Crippen LogP contribution in [-0.4, -0.2) is 58.3 Å². The highest BCUT2D eigenvalue weighted by atomic mass is 19.1. The number of piperidine rings is 1. The summed E-state index contributed by atoms with van der Waals surface area (Å²) in [5, 5.41) is 9.58. The molecule has 0 spiro atoms. The molecule has 0 bridgehead atoms. The number of nitrogens with zero attached hydrogens (tertiary/aromatic N) is 4. The van der Waals surface area contributed by atoms with Gasteiger partial charge in [-0.25, -0.2) is 14.4 Å². The van der Waals surface area contributed by atoms with Gasteiger partial charge in [0.15, 0.2) is 11.6 Å². The smallest absolute Gasteiger partial charge is 0.183 e. The van der Waals surface area contributed by atoms with Gasteiger partial charge in [0, 0.05) is 32.2 Å². The maximum atomic E-state index is 13.6. The lowest BCUT2D eigenvalue weighted by atomic mass is 10.0. The van der Waals surface area contributed by atoms with Crippen LogP contribution in [0.1, 0.15) is 19.3 Å². The molecule has 0 amide bonds. The predicted molar refractivity (Wildman–Crippen MR) is 69.4 cm³/mol. The van der Waals surface area contributed by atoms with E-state index in [1.54, 1.807) is 0 Å².